The van der Waals surface area contributed by atoms with Crippen LogP contribution in [0.15, 0.2) is 0 Å². The first-order valence-corrected chi connectivity index (χ1v) is 4.79. The Labute approximate surface area is 77.2 Å². The Morgan fingerprint density at radius 1 is 0.833 bits per heavy atom. The number of hydrogen-bond acceptors (Lipinski definition) is 1. The molecule has 0 fully saturated rings. The summed E-state index contributed by atoms with van der Waals surface area (Å²) in [5.41, 5.74) is -0.286. The van der Waals surface area contributed by atoms with Crippen molar-refractivity contribution in [3.63, 3.8) is 0 Å². The zero-order valence-corrected chi connectivity index (χ0v) is 9.60. The van der Waals surface area contributed by atoms with Gasteiger partial charge in [-0.2, -0.15) is 0 Å². The van der Waals surface area contributed by atoms with Crippen molar-refractivity contribution in [1.29, 1.82) is 0 Å². The van der Waals surface area contributed by atoms with Crippen LogP contribution in [-0.2, 0) is 0 Å². The van der Waals surface area contributed by atoms with Crippen molar-refractivity contribution < 1.29 is 5.11 Å². The third kappa shape index (κ3) is 3.14. The summed E-state index contributed by atoms with van der Waals surface area (Å²) in [6.45, 7) is 14.8. The second-order valence-corrected chi connectivity index (χ2v) is 5.60. The van der Waals surface area contributed by atoms with Crippen LogP contribution < -0.4 is 0 Å². The molecule has 0 aromatic carbocycles. The van der Waals surface area contributed by atoms with Gasteiger partial charge in [0.15, 0.2) is 0 Å². The van der Waals surface area contributed by atoms with Crippen molar-refractivity contribution in [2.45, 2.75) is 54.1 Å². The minimum absolute atomic E-state index is 0.277. The Kier molecular flexibility index (Phi) is 3.36. The van der Waals surface area contributed by atoms with Gasteiger partial charge in [-0.05, 0) is 31.1 Å². The average Bonchev–Trinajstić information content (AvgIpc) is 1.80. The molecule has 74 valence electrons. The van der Waals surface area contributed by atoms with Crippen LogP contribution in [0, 0.1) is 17.3 Å². The molecule has 0 radical (unpaired) electrons. The molecule has 1 nitrogen and oxygen atoms in total. The Morgan fingerprint density at radius 3 is 1.25 bits per heavy atom. The first-order valence-electron chi connectivity index (χ1n) is 4.79. The van der Waals surface area contributed by atoms with Gasteiger partial charge in [0.05, 0.1) is 5.60 Å². The third-order valence-electron chi connectivity index (χ3n) is 3.23. The largest absolute Gasteiger partial charge is 0.390 e. The van der Waals surface area contributed by atoms with Crippen LogP contribution in [0.2, 0.25) is 0 Å². The lowest BCUT2D eigenvalue weighted by atomic mass is 9.70. The van der Waals surface area contributed by atoms with Gasteiger partial charge < -0.3 is 5.11 Å². The predicted octanol–water partition coefficient (Wildman–Crippen LogP) is 3.08. The first-order chi connectivity index (χ1) is 5.07. The molecule has 0 spiro atoms. The summed E-state index contributed by atoms with van der Waals surface area (Å²) in [6, 6.07) is 0. The molecule has 0 rings (SSSR count). The van der Waals surface area contributed by atoms with Crippen molar-refractivity contribution in [1.82, 2.24) is 0 Å². The van der Waals surface area contributed by atoms with Gasteiger partial charge in [0.25, 0.3) is 0 Å². The Morgan fingerprint density at radius 2 is 1.17 bits per heavy atom. The highest BCUT2D eigenvalue weighted by atomic mass is 16.3. The number of hydrogen-bond donors (Lipinski definition) is 1. The smallest absolute Gasteiger partial charge is 0.0619 e. The Bertz CT molecular complexity index is 118. The van der Waals surface area contributed by atoms with E-state index in [0.717, 1.165) is 0 Å². The van der Waals surface area contributed by atoms with Crippen LogP contribution in [0.4, 0.5) is 0 Å². The van der Waals surface area contributed by atoms with Crippen LogP contribution in [0.25, 0.3) is 0 Å². The molecule has 0 amide bonds. The molecule has 0 aliphatic heterocycles. The summed E-state index contributed by atoms with van der Waals surface area (Å²) in [7, 11) is 0. The van der Waals surface area contributed by atoms with Crippen LogP contribution >= 0.6 is 0 Å². The molecular formula is C11H24O. The van der Waals surface area contributed by atoms with Gasteiger partial charge in [-0.15, -0.1) is 0 Å². The van der Waals surface area contributed by atoms with E-state index in [0.29, 0.717) is 11.8 Å². The molecule has 0 bridgehead atoms. The van der Waals surface area contributed by atoms with Gasteiger partial charge >= 0.3 is 0 Å². The molecule has 0 saturated heterocycles. The molecule has 0 aliphatic rings. The predicted molar refractivity (Wildman–Crippen MR) is 54.1 cm³/mol. The van der Waals surface area contributed by atoms with E-state index >= 15 is 0 Å². The van der Waals surface area contributed by atoms with E-state index in [9.17, 15) is 5.11 Å². The molecule has 0 aromatic heterocycles. The minimum atomic E-state index is -0.563. The van der Waals surface area contributed by atoms with Crippen molar-refractivity contribution in [2.24, 2.45) is 17.3 Å². The first kappa shape index (κ1) is 12.0. The summed E-state index contributed by atoms with van der Waals surface area (Å²) in [5, 5.41) is 9.82. The molecule has 0 aliphatic carbocycles. The minimum Gasteiger partial charge on any atom is -0.390 e. The molecule has 2 atom stereocenters. The van der Waals surface area contributed by atoms with Gasteiger partial charge in [-0.3, -0.25) is 0 Å². The SMILES string of the molecule is CC(C(C)C(C)(C)O)C(C)(C)C. The van der Waals surface area contributed by atoms with Gasteiger partial charge in [0, 0.05) is 0 Å². The van der Waals surface area contributed by atoms with Gasteiger partial charge in [0.1, 0.15) is 0 Å². The van der Waals surface area contributed by atoms with Crippen LogP contribution in [0.5, 0.6) is 0 Å². The monoisotopic (exact) mass is 172 g/mol. The lowest BCUT2D eigenvalue weighted by molar-refractivity contribution is -0.0227. The maximum atomic E-state index is 9.82. The molecular weight excluding hydrogens is 148 g/mol. The maximum Gasteiger partial charge on any atom is 0.0619 e. The third-order valence-corrected chi connectivity index (χ3v) is 3.23. The van der Waals surface area contributed by atoms with Crippen LogP contribution in [-0.4, -0.2) is 10.7 Å². The number of rotatable bonds is 2. The van der Waals surface area contributed by atoms with Crippen molar-refractivity contribution >= 4 is 0 Å². The van der Waals surface area contributed by atoms with Crippen LogP contribution in [0.1, 0.15) is 48.5 Å². The average molecular weight is 172 g/mol. The van der Waals surface area contributed by atoms with Gasteiger partial charge in [-0.1, -0.05) is 34.6 Å². The maximum absolute atomic E-state index is 9.82. The summed E-state index contributed by atoms with van der Waals surface area (Å²) >= 11 is 0. The van der Waals surface area contributed by atoms with Crippen molar-refractivity contribution in [3.05, 3.63) is 0 Å². The van der Waals surface area contributed by atoms with Crippen molar-refractivity contribution in [3.8, 4) is 0 Å². The highest BCUT2D eigenvalue weighted by Crippen LogP contribution is 2.36. The van der Waals surface area contributed by atoms with E-state index in [4.69, 9.17) is 0 Å². The number of aliphatic hydroxyl groups is 1. The van der Waals surface area contributed by atoms with Crippen LogP contribution in [0.3, 0.4) is 0 Å². The molecule has 2 unspecified atom stereocenters. The van der Waals surface area contributed by atoms with Crippen molar-refractivity contribution in [2.75, 3.05) is 0 Å². The van der Waals surface area contributed by atoms with Gasteiger partial charge in [-0.25, -0.2) is 0 Å². The fraction of sp³-hybridized carbons (Fsp3) is 1.00. The molecule has 0 aromatic rings. The summed E-state index contributed by atoms with van der Waals surface area (Å²) in [6.07, 6.45) is 0. The molecule has 0 heterocycles. The van der Waals surface area contributed by atoms with Gasteiger partial charge in [0.2, 0.25) is 0 Å². The molecule has 1 N–H and O–H groups in total. The summed E-state index contributed by atoms with van der Waals surface area (Å²) in [4.78, 5) is 0. The van der Waals surface area contributed by atoms with E-state index in [2.05, 4.69) is 34.6 Å². The molecule has 12 heavy (non-hydrogen) atoms. The Hall–Kier alpha value is -0.0400. The lowest BCUT2D eigenvalue weighted by Gasteiger charge is -2.38. The van der Waals surface area contributed by atoms with E-state index in [1.807, 2.05) is 13.8 Å². The second-order valence-electron chi connectivity index (χ2n) is 5.60. The lowest BCUT2D eigenvalue weighted by Crippen LogP contribution is -2.38. The topological polar surface area (TPSA) is 20.2 Å². The molecule has 0 saturated carbocycles. The zero-order chi connectivity index (χ0) is 10.2. The highest BCUT2D eigenvalue weighted by molar-refractivity contribution is 4.83. The Balaban J connectivity index is 4.41. The van der Waals surface area contributed by atoms with E-state index < -0.39 is 5.60 Å². The van der Waals surface area contributed by atoms with E-state index in [1.54, 1.807) is 0 Å². The normalized spacial score (nSPS) is 19.0. The fourth-order valence-electron chi connectivity index (χ4n) is 1.36. The van der Waals surface area contributed by atoms with E-state index in [-0.39, 0.29) is 5.41 Å². The quantitative estimate of drug-likeness (QED) is 0.678. The summed E-state index contributed by atoms with van der Waals surface area (Å²) < 4.78 is 0. The summed E-state index contributed by atoms with van der Waals surface area (Å²) in [5.74, 6) is 0.856. The van der Waals surface area contributed by atoms with E-state index in [1.165, 1.54) is 0 Å². The standard InChI is InChI=1S/C11H24O/c1-8(10(3,4)5)9(2)11(6,7)12/h8-9,12H,1-7H3. The fourth-order valence-corrected chi connectivity index (χ4v) is 1.36. The molecule has 1 heteroatoms. The zero-order valence-electron chi connectivity index (χ0n) is 9.60. The second kappa shape index (κ2) is 3.37. The highest BCUT2D eigenvalue weighted by Gasteiger charge is 2.33.